The number of hydrazone groups is 1. The molecule has 0 saturated carbocycles. The van der Waals surface area contributed by atoms with Crippen molar-refractivity contribution >= 4 is 29.6 Å². The van der Waals surface area contributed by atoms with Gasteiger partial charge in [-0.15, -0.1) is 0 Å². The van der Waals surface area contributed by atoms with Crippen LogP contribution in [-0.4, -0.2) is 31.0 Å². The third-order valence-corrected chi connectivity index (χ3v) is 8.74. The summed E-state index contributed by atoms with van der Waals surface area (Å²) in [7, 11) is 1.49. The molecular weight excluding hydrogens is 528 g/mol. The molecule has 2 atom stereocenters. The number of rotatable bonds is 5. The van der Waals surface area contributed by atoms with Crippen LogP contribution in [0, 0.1) is 23.2 Å². The van der Waals surface area contributed by atoms with Crippen molar-refractivity contribution in [1.82, 2.24) is 5.43 Å². The molecule has 42 heavy (non-hydrogen) atoms. The Morgan fingerprint density at radius 2 is 1.52 bits per heavy atom. The van der Waals surface area contributed by atoms with E-state index < -0.39 is 29.1 Å². The standard InChI is InChI=1S/C34H24N4O4/c1-42-27-17-9-5-13-23(27)31(39)37-36-19-34-24-14-6-3-11-21(24)28(22-12-4-7-15-25(22)34)29-30(34)33(41)38(32(29)40)26-16-8-2-10-20(26)18-35/h2-17,19,28-30H,1H3,(H,37,39)/b36-19+/t28?,29-,30-,34?/m0/s1. The number of nitrogens with zero attached hydrogens (tertiary/aromatic N) is 3. The number of imide groups is 1. The third-order valence-electron chi connectivity index (χ3n) is 8.74. The van der Waals surface area contributed by atoms with E-state index in [4.69, 9.17) is 4.74 Å². The normalized spacial score (nSPS) is 23.2. The lowest BCUT2D eigenvalue weighted by Crippen LogP contribution is -2.54. The summed E-state index contributed by atoms with van der Waals surface area (Å²) >= 11 is 0. The van der Waals surface area contributed by atoms with Crippen molar-refractivity contribution < 1.29 is 19.1 Å². The molecule has 8 heteroatoms. The highest BCUT2D eigenvalue weighted by Crippen LogP contribution is 2.63. The topological polar surface area (TPSA) is 112 Å². The van der Waals surface area contributed by atoms with E-state index in [1.807, 2.05) is 48.5 Å². The maximum Gasteiger partial charge on any atom is 0.275 e. The molecule has 1 aliphatic heterocycles. The van der Waals surface area contributed by atoms with Crippen molar-refractivity contribution in [2.24, 2.45) is 16.9 Å². The van der Waals surface area contributed by atoms with Gasteiger partial charge in [-0.25, -0.2) is 10.3 Å². The lowest BCUT2D eigenvalue weighted by Gasteiger charge is -2.52. The van der Waals surface area contributed by atoms with Gasteiger partial charge < -0.3 is 4.74 Å². The fourth-order valence-electron chi connectivity index (χ4n) is 7.14. The average Bonchev–Trinajstić information content (AvgIpc) is 3.31. The van der Waals surface area contributed by atoms with Gasteiger partial charge in [0.25, 0.3) is 5.91 Å². The number of methoxy groups -OCH3 is 1. The van der Waals surface area contributed by atoms with Crippen molar-refractivity contribution in [3.05, 3.63) is 130 Å². The second-order valence-corrected chi connectivity index (χ2v) is 10.6. The minimum atomic E-state index is -1.15. The van der Waals surface area contributed by atoms with E-state index in [-0.39, 0.29) is 23.1 Å². The second kappa shape index (κ2) is 9.53. The third kappa shape index (κ3) is 3.34. The van der Waals surface area contributed by atoms with Crippen LogP contribution in [0.25, 0.3) is 0 Å². The van der Waals surface area contributed by atoms with Gasteiger partial charge in [0.05, 0.1) is 41.2 Å². The second-order valence-electron chi connectivity index (χ2n) is 10.6. The Hall–Kier alpha value is -5.55. The number of nitrogens with one attached hydrogen (secondary N) is 1. The molecule has 1 fully saturated rings. The highest BCUT2D eigenvalue weighted by Gasteiger charge is 2.68. The van der Waals surface area contributed by atoms with Crippen LogP contribution in [0.1, 0.15) is 44.1 Å². The predicted octanol–water partition coefficient (Wildman–Crippen LogP) is 4.53. The minimum absolute atomic E-state index is 0.243. The molecule has 1 heterocycles. The van der Waals surface area contributed by atoms with Gasteiger partial charge in [0, 0.05) is 12.1 Å². The number of para-hydroxylation sites is 2. The van der Waals surface area contributed by atoms with Gasteiger partial charge >= 0.3 is 0 Å². The van der Waals surface area contributed by atoms with E-state index in [0.29, 0.717) is 11.3 Å². The highest BCUT2D eigenvalue weighted by atomic mass is 16.5. The number of amides is 3. The van der Waals surface area contributed by atoms with E-state index in [1.54, 1.807) is 54.7 Å². The largest absolute Gasteiger partial charge is 0.496 e. The van der Waals surface area contributed by atoms with E-state index in [9.17, 15) is 19.6 Å². The van der Waals surface area contributed by atoms with Crippen LogP contribution in [0.15, 0.2) is 102 Å². The van der Waals surface area contributed by atoms with E-state index in [1.165, 1.54) is 12.0 Å². The van der Waals surface area contributed by atoms with Crippen LogP contribution in [0.3, 0.4) is 0 Å². The van der Waals surface area contributed by atoms with Crippen LogP contribution in [0.5, 0.6) is 5.75 Å². The van der Waals surface area contributed by atoms with Gasteiger partial charge in [-0.3, -0.25) is 14.4 Å². The average molecular weight is 553 g/mol. The van der Waals surface area contributed by atoms with Gasteiger partial charge in [-0.05, 0) is 46.5 Å². The number of carbonyl (C=O) groups excluding carboxylic acids is 3. The van der Waals surface area contributed by atoms with Gasteiger partial charge in [0.1, 0.15) is 11.8 Å². The summed E-state index contributed by atoms with van der Waals surface area (Å²) in [6.07, 6.45) is 1.61. The van der Waals surface area contributed by atoms with Crippen LogP contribution in [0.4, 0.5) is 5.69 Å². The van der Waals surface area contributed by atoms with Gasteiger partial charge in [0.15, 0.2) is 0 Å². The summed E-state index contributed by atoms with van der Waals surface area (Å²) in [6.45, 7) is 0. The smallest absolute Gasteiger partial charge is 0.275 e. The van der Waals surface area contributed by atoms with Crippen molar-refractivity contribution in [2.45, 2.75) is 11.3 Å². The molecule has 0 spiro atoms. The van der Waals surface area contributed by atoms with Crippen LogP contribution in [-0.2, 0) is 15.0 Å². The summed E-state index contributed by atoms with van der Waals surface area (Å²) < 4.78 is 5.34. The molecular formula is C34H24N4O4. The molecule has 8 nitrogen and oxygen atoms in total. The zero-order valence-electron chi connectivity index (χ0n) is 22.5. The number of benzene rings is 4. The lowest BCUT2D eigenvalue weighted by atomic mass is 9.47. The molecule has 0 aromatic heterocycles. The van der Waals surface area contributed by atoms with Crippen LogP contribution >= 0.6 is 0 Å². The highest BCUT2D eigenvalue weighted by molar-refractivity contribution is 6.25. The zero-order chi connectivity index (χ0) is 29.0. The first-order valence-electron chi connectivity index (χ1n) is 13.6. The molecule has 1 N–H and O–H groups in total. The van der Waals surface area contributed by atoms with Crippen molar-refractivity contribution in [3.8, 4) is 11.8 Å². The van der Waals surface area contributed by atoms with Crippen molar-refractivity contribution in [2.75, 3.05) is 12.0 Å². The van der Waals surface area contributed by atoms with E-state index in [2.05, 4.69) is 16.6 Å². The molecule has 1 saturated heterocycles. The Morgan fingerprint density at radius 1 is 0.905 bits per heavy atom. The summed E-state index contributed by atoms with van der Waals surface area (Å²) in [5, 5.41) is 14.2. The molecule has 4 aromatic carbocycles. The number of hydrogen-bond donors (Lipinski definition) is 1. The van der Waals surface area contributed by atoms with Gasteiger partial charge in [-0.1, -0.05) is 72.8 Å². The minimum Gasteiger partial charge on any atom is -0.496 e. The Labute approximate surface area is 241 Å². The predicted molar refractivity (Wildman–Crippen MR) is 155 cm³/mol. The SMILES string of the molecule is COc1ccccc1C(=O)N/N=C/C12c3ccccc3C(c3ccccc31)[C@@H]1C(=O)N(c3ccccc3C#N)C(=O)[C@H]12. The van der Waals surface area contributed by atoms with Crippen molar-refractivity contribution in [3.63, 3.8) is 0 Å². The number of nitriles is 1. The molecule has 4 aromatic rings. The van der Waals surface area contributed by atoms with Crippen molar-refractivity contribution in [1.29, 1.82) is 5.26 Å². The number of carbonyl (C=O) groups is 3. The van der Waals surface area contributed by atoms with E-state index >= 15 is 0 Å². The number of ether oxygens (including phenoxy) is 1. The van der Waals surface area contributed by atoms with Gasteiger partial charge in [0.2, 0.25) is 11.8 Å². The van der Waals surface area contributed by atoms with Crippen LogP contribution < -0.4 is 15.1 Å². The summed E-state index contributed by atoms with van der Waals surface area (Å²) in [4.78, 5) is 43.1. The molecule has 0 radical (unpaired) electrons. The summed E-state index contributed by atoms with van der Waals surface area (Å²) in [5.41, 5.74) is 5.91. The Balaban J connectivity index is 1.41. The first kappa shape index (κ1) is 25.4. The summed E-state index contributed by atoms with van der Waals surface area (Å²) in [6, 6.07) is 31.2. The molecule has 2 bridgehead atoms. The van der Waals surface area contributed by atoms with Crippen LogP contribution in [0.2, 0.25) is 0 Å². The number of hydrogen-bond acceptors (Lipinski definition) is 6. The first-order chi connectivity index (χ1) is 20.5. The Kier molecular flexibility index (Phi) is 5.77. The Bertz CT molecular complexity index is 1830. The molecule has 4 aliphatic rings. The Morgan fingerprint density at radius 3 is 2.21 bits per heavy atom. The fourth-order valence-corrected chi connectivity index (χ4v) is 7.14. The molecule has 3 aliphatic carbocycles. The molecule has 204 valence electrons. The fraction of sp³-hybridized carbons (Fsp3) is 0.147. The number of anilines is 1. The first-order valence-corrected chi connectivity index (χ1v) is 13.6. The maximum atomic E-state index is 14.5. The summed E-state index contributed by atoms with van der Waals surface area (Å²) in [5.74, 6) is -2.72. The van der Waals surface area contributed by atoms with Gasteiger partial charge in [-0.2, -0.15) is 10.4 Å². The molecule has 8 rings (SSSR count). The quantitative estimate of drug-likeness (QED) is 0.222. The lowest BCUT2D eigenvalue weighted by molar-refractivity contribution is -0.122. The molecule has 3 amide bonds. The monoisotopic (exact) mass is 552 g/mol. The maximum absolute atomic E-state index is 14.5. The molecule has 0 unspecified atom stereocenters. The van der Waals surface area contributed by atoms with E-state index in [0.717, 1.165) is 22.3 Å². The zero-order valence-corrected chi connectivity index (χ0v) is 22.5.